The van der Waals surface area contributed by atoms with Crippen LogP contribution in [0.15, 0.2) is 70.9 Å². The van der Waals surface area contributed by atoms with Crippen LogP contribution in [0.5, 0.6) is 11.5 Å². The molecule has 2 nitrogen and oxygen atoms in total. The van der Waals surface area contributed by atoms with Crippen LogP contribution in [0.4, 0.5) is 0 Å². The summed E-state index contributed by atoms with van der Waals surface area (Å²) in [5.74, 6) is 0.471. The molecular formula is C31H42O2. The maximum Gasteiger partial charge on any atom is 0.126 e. The van der Waals surface area contributed by atoms with Crippen molar-refractivity contribution in [1.82, 2.24) is 0 Å². The van der Waals surface area contributed by atoms with Gasteiger partial charge in [-0.15, -0.1) is 0 Å². The lowest BCUT2D eigenvalue weighted by Crippen LogP contribution is -1.87. The highest BCUT2D eigenvalue weighted by molar-refractivity contribution is 5.94. The number of hydrogen-bond donors (Lipinski definition) is 2. The lowest BCUT2D eigenvalue weighted by atomic mass is 10.00. The van der Waals surface area contributed by atoms with Crippen molar-refractivity contribution in [2.24, 2.45) is 0 Å². The predicted octanol–water partition coefficient (Wildman–Crippen LogP) is 9.25. The van der Waals surface area contributed by atoms with E-state index in [1.807, 2.05) is 18.2 Å². The van der Waals surface area contributed by atoms with Gasteiger partial charge in [0.15, 0.2) is 0 Å². The molecule has 178 valence electrons. The van der Waals surface area contributed by atoms with Crippen molar-refractivity contribution < 1.29 is 10.2 Å². The third-order valence-corrected chi connectivity index (χ3v) is 6.18. The fourth-order valence-electron chi connectivity index (χ4n) is 3.98. The summed E-state index contributed by atoms with van der Waals surface area (Å²) in [6, 6.07) is 7.54. The van der Waals surface area contributed by atoms with Crippen LogP contribution in [-0.4, -0.2) is 10.2 Å². The van der Waals surface area contributed by atoms with Gasteiger partial charge < -0.3 is 10.2 Å². The summed E-state index contributed by atoms with van der Waals surface area (Å²) in [5, 5.41) is 21.9. The Balaban J connectivity index is 1.82. The lowest BCUT2D eigenvalue weighted by Gasteiger charge is -2.09. The number of aryl methyl sites for hydroxylation is 1. The molecule has 0 saturated carbocycles. The van der Waals surface area contributed by atoms with Gasteiger partial charge in [-0.3, -0.25) is 0 Å². The highest BCUT2D eigenvalue weighted by Gasteiger charge is 2.08. The Morgan fingerprint density at radius 3 is 1.82 bits per heavy atom. The Labute approximate surface area is 201 Å². The Kier molecular flexibility index (Phi) is 10.5. The molecule has 0 atom stereocenters. The minimum absolute atomic E-state index is 0.224. The smallest absolute Gasteiger partial charge is 0.126 e. The second-order valence-corrected chi connectivity index (χ2v) is 9.69. The van der Waals surface area contributed by atoms with E-state index in [-0.39, 0.29) is 11.5 Å². The zero-order valence-corrected chi connectivity index (χ0v) is 21.5. The summed E-state index contributed by atoms with van der Waals surface area (Å²) in [5.41, 5.74) is 7.57. The molecule has 0 aliphatic heterocycles. The van der Waals surface area contributed by atoms with Crippen LogP contribution >= 0.6 is 0 Å². The van der Waals surface area contributed by atoms with Gasteiger partial charge in [0.25, 0.3) is 0 Å². The number of rotatable bonds is 11. The Morgan fingerprint density at radius 2 is 1.24 bits per heavy atom. The van der Waals surface area contributed by atoms with E-state index >= 15 is 0 Å². The molecule has 2 aromatic rings. The summed E-state index contributed by atoms with van der Waals surface area (Å²) in [6.45, 7) is 12.8. The number of fused-ring (bicyclic) bond motifs is 1. The molecule has 2 rings (SSSR count). The van der Waals surface area contributed by atoms with Gasteiger partial charge in [0.2, 0.25) is 0 Å². The second-order valence-electron chi connectivity index (χ2n) is 9.69. The third kappa shape index (κ3) is 8.96. The van der Waals surface area contributed by atoms with E-state index in [4.69, 9.17) is 0 Å². The van der Waals surface area contributed by atoms with Gasteiger partial charge in [0.1, 0.15) is 11.5 Å². The van der Waals surface area contributed by atoms with Crippen molar-refractivity contribution in [2.45, 2.75) is 86.5 Å². The fourth-order valence-corrected chi connectivity index (χ4v) is 3.98. The summed E-state index contributed by atoms with van der Waals surface area (Å²) in [6.07, 6.45) is 16.9. The first kappa shape index (κ1) is 26.5. The van der Waals surface area contributed by atoms with E-state index in [1.165, 1.54) is 22.3 Å². The Hall–Kier alpha value is -2.74. The Morgan fingerprint density at radius 1 is 0.697 bits per heavy atom. The summed E-state index contributed by atoms with van der Waals surface area (Å²) in [4.78, 5) is 0. The highest BCUT2D eigenvalue weighted by atomic mass is 16.3. The summed E-state index contributed by atoms with van der Waals surface area (Å²) < 4.78 is 0. The SMILES string of the molecule is CC(C)=CCC/C(C)=C/CC/C(C)=C/CC/C(C)=C/Cc1ccc2c(O)c(C)cc(O)c2c1. The van der Waals surface area contributed by atoms with Crippen LogP contribution < -0.4 is 0 Å². The maximum absolute atomic E-state index is 10.3. The predicted molar refractivity (Wildman–Crippen MR) is 144 cm³/mol. The zero-order chi connectivity index (χ0) is 24.4. The summed E-state index contributed by atoms with van der Waals surface area (Å²) in [7, 11) is 0. The monoisotopic (exact) mass is 446 g/mol. The molecule has 0 bridgehead atoms. The van der Waals surface area contributed by atoms with E-state index in [9.17, 15) is 10.2 Å². The van der Waals surface area contributed by atoms with Gasteiger partial charge in [0, 0.05) is 10.8 Å². The van der Waals surface area contributed by atoms with Gasteiger partial charge >= 0.3 is 0 Å². The van der Waals surface area contributed by atoms with Crippen molar-refractivity contribution in [3.8, 4) is 11.5 Å². The molecule has 0 spiro atoms. The number of allylic oxidation sites excluding steroid dienone is 8. The molecule has 33 heavy (non-hydrogen) atoms. The van der Waals surface area contributed by atoms with Gasteiger partial charge in [-0.1, -0.05) is 58.7 Å². The molecule has 2 aromatic carbocycles. The molecule has 0 fully saturated rings. The van der Waals surface area contributed by atoms with Gasteiger partial charge in [-0.25, -0.2) is 0 Å². The topological polar surface area (TPSA) is 40.5 Å². The largest absolute Gasteiger partial charge is 0.507 e. The van der Waals surface area contributed by atoms with Gasteiger partial charge in [0.05, 0.1) is 0 Å². The van der Waals surface area contributed by atoms with Crippen molar-refractivity contribution >= 4 is 10.8 Å². The molecule has 0 saturated heterocycles. The lowest BCUT2D eigenvalue weighted by molar-refractivity contribution is 0.466. The Bertz CT molecular complexity index is 1060. The first-order valence-corrected chi connectivity index (χ1v) is 12.2. The van der Waals surface area contributed by atoms with Crippen LogP contribution in [0.1, 0.15) is 84.3 Å². The van der Waals surface area contributed by atoms with Crippen LogP contribution in [-0.2, 0) is 6.42 Å². The number of phenolic OH excluding ortho intramolecular Hbond substituents is 2. The van der Waals surface area contributed by atoms with Crippen molar-refractivity contribution in [1.29, 1.82) is 0 Å². The molecular weight excluding hydrogens is 404 g/mol. The van der Waals surface area contributed by atoms with E-state index in [0.717, 1.165) is 50.5 Å². The second kappa shape index (κ2) is 13.1. The van der Waals surface area contributed by atoms with Crippen molar-refractivity contribution in [2.75, 3.05) is 0 Å². The van der Waals surface area contributed by atoms with E-state index in [1.54, 1.807) is 13.0 Å². The molecule has 2 N–H and O–H groups in total. The molecule has 0 aliphatic carbocycles. The first-order valence-electron chi connectivity index (χ1n) is 12.2. The first-order chi connectivity index (χ1) is 15.7. The minimum atomic E-state index is 0.224. The number of phenols is 2. The van der Waals surface area contributed by atoms with Crippen molar-refractivity contribution in [3.05, 3.63) is 82.0 Å². The van der Waals surface area contributed by atoms with Crippen LogP contribution in [0, 0.1) is 6.92 Å². The number of benzene rings is 2. The fraction of sp³-hybridized carbons (Fsp3) is 0.419. The van der Waals surface area contributed by atoms with Gasteiger partial charge in [-0.05, 0) is 110 Å². The van der Waals surface area contributed by atoms with Crippen LogP contribution in [0.2, 0.25) is 0 Å². The van der Waals surface area contributed by atoms with E-state index in [2.05, 4.69) is 58.9 Å². The van der Waals surface area contributed by atoms with Crippen molar-refractivity contribution in [3.63, 3.8) is 0 Å². The standard InChI is InChI=1S/C31H42O2/c1-22(2)10-7-11-23(3)12-8-13-24(4)14-9-15-25(5)16-17-27-18-19-28-29(21-27)30(32)20-26(6)31(28)33/h10,12,14,16,18-21,32-33H,7-9,11,13,15,17H2,1-6H3/b23-12+,24-14+,25-16+. The average molecular weight is 447 g/mol. The summed E-state index contributed by atoms with van der Waals surface area (Å²) >= 11 is 0. The van der Waals surface area contributed by atoms with Crippen LogP contribution in [0.3, 0.4) is 0 Å². The van der Waals surface area contributed by atoms with Gasteiger partial charge in [-0.2, -0.15) is 0 Å². The number of hydrogen-bond acceptors (Lipinski definition) is 2. The van der Waals surface area contributed by atoms with Crippen LogP contribution in [0.25, 0.3) is 10.8 Å². The zero-order valence-electron chi connectivity index (χ0n) is 21.5. The maximum atomic E-state index is 10.3. The molecule has 0 aliphatic rings. The molecule has 0 amide bonds. The third-order valence-electron chi connectivity index (χ3n) is 6.18. The van der Waals surface area contributed by atoms with E-state index in [0.29, 0.717) is 16.3 Å². The molecule has 0 radical (unpaired) electrons. The molecule has 0 aromatic heterocycles. The molecule has 0 unspecified atom stereocenters. The molecule has 0 heterocycles. The minimum Gasteiger partial charge on any atom is -0.507 e. The number of aromatic hydroxyl groups is 2. The molecule has 2 heteroatoms. The average Bonchev–Trinajstić information content (AvgIpc) is 2.76. The normalized spacial score (nSPS) is 13.0. The quantitative estimate of drug-likeness (QED) is 0.267. The highest BCUT2D eigenvalue weighted by Crippen LogP contribution is 2.35. The van der Waals surface area contributed by atoms with E-state index < -0.39 is 0 Å².